The molecule has 1 saturated heterocycles. The van der Waals surface area contributed by atoms with Crippen LogP contribution in [-0.4, -0.2) is 57.3 Å². The number of hydrogen-bond donors (Lipinski definition) is 2. The lowest BCUT2D eigenvalue weighted by Gasteiger charge is -2.30. The normalized spacial score (nSPS) is 16.2. The molecule has 6 nitrogen and oxygen atoms in total. The molecule has 152 valence electrons. The van der Waals surface area contributed by atoms with E-state index in [4.69, 9.17) is 14.5 Å². The van der Waals surface area contributed by atoms with Gasteiger partial charge < -0.3 is 25.0 Å². The molecule has 0 saturated carbocycles. The average molecular weight is 377 g/mol. The lowest BCUT2D eigenvalue weighted by atomic mass is 9.94. The van der Waals surface area contributed by atoms with Crippen LogP contribution in [0.3, 0.4) is 0 Å². The molecule has 1 aromatic rings. The van der Waals surface area contributed by atoms with Gasteiger partial charge in [0.25, 0.3) is 0 Å². The molecule has 6 heteroatoms. The minimum atomic E-state index is 0.615. The van der Waals surface area contributed by atoms with E-state index < -0.39 is 0 Å². The average Bonchev–Trinajstić information content (AvgIpc) is 2.70. The fourth-order valence-electron chi connectivity index (χ4n) is 3.41. The van der Waals surface area contributed by atoms with Crippen LogP contribution in [0.15, 0.2) is 23.2 Å². The van der Waals surface area contributed by atoms with Crippen molar-refractivity contribution < 1.29 is 9.47 Å². The highest BCUT2D eigenvalue weighted by atomic mass is 16.5. The molecule has 0 aromatic heterocycles. The first kappa shape index (κ1) is 21.4. The predicted octanol–water partition coefficient (Wildman–Crippen LogP) is 3.59. The summed E-state index contributed by atoms with van der Waals surface area (Å²) in [5, 5.41) is 6.69. The van der Waals surface area contributed by atoms with Crippen LogP contribution in [0.5, 0.6) is 11.5 Å². The fraction of sp³-hybridized carbons (Fsp3) is 0.667. The van der Waals surface area contributed by atoms with E-state index in [1.807, 2.05) is 25.1 Å². The van der Waals surface area contributed by atoms with E-state index in [1.54, 1.807) is 7.11 Å². The number of hydrogen-bond acceptors (Lipinski definition) is 4. The van der Waals surface area contributed by atoms with Crippen LogP contribution in [0.1, 0.15) is 40.0 Å². The molecule has 0 radical (unpaired) electrons. The highest BCUT2D eigenvalue weighted by Gasteiger charge is 2.17. The molecule has 1 aliphatic heterocycles. The van der Waals surface area contributed by atoms with E-state index in [0.29, 0.717) is 6.61 Å². The highest BCUT2D eigenvalue weighted by molar-refractivity contribution is 5.93. The van der Waals surface area contributed by atoms with Crippen molar-refractivity contribution in [3.8, 4) is 11.5 Å². The molecule has 0 bridgehead atoms. The van der Waals surface area contributed by atoms with E-state index in [2.05, 4.69) is 29.4 Å². The van der Waals surface area contributed by atoms with Crippen molar-refractivity contribution >= 4 is 11.6 Å². The zero-order chi connectivity index (χ0) is 19.5. The molecular weight excluding hydrogens is 340 g/mol. The van der Waals surface area contributed by atoms with Crippen LogP contribution in [0.4, 0.5) is 5.69 Å². The summed E-state index contributed by atoms with van der Waals surface area (Å²) in [5.41, 5.74) is 0.936. The fourth-order valence-corrected chi connectivity index (χ4v) is 3.41. The molecule has 1 aliphatic rings. The summed E-state index contributed by atoms with van der Waals surface area (Å²) >= 11 is 0. The summed E-state index contributed by atoms with van der Waals surface area (Å²) in [6, 6.07) is 5.86. The number of nitrogens with zero attached hydrogens (tertiary/aromatic N) is 2. The Hall–Kier alpha value is -1.95. The Morgan fingerprint density at radius 1 is 1.19 bits per heavy atom. The van der Waals surface area contributed by atoms with Crippen molar-refractivity contribution in [1.29, 1.82) is 0 Å². The topological polar surface area (TPSA) is 58.1 Å². The van der Waals surface area contributed by atoms with Gasteiger partial charge in [-0.25, -0.2) is 0 Å². The number of rotatable bonds is 9. The summed E-state index contributed by atoms with van der Waals surface area (Å²) in [6.45, 7) is 12.2. The number of benzene rings is 1. The van der Waals surface area contributed by atoms with Crippen molar-refractivity contribution in [2.45, 2.75) is 40.0 Å². The molecule has 1 fully saturated rings. The Morgan fingerprint density at radius 2 is 1.96 bits per heavy atom. The molecule has 2 N–H and O–H groups in total. The molecule has 1 aromatic carbocycles. The maximum Gasteiger partial charge on any atom is 0.195 e. The van der Waals surface area contributed by atoms with Crippen molar-refractivity contribution in [2.75, 3.05) is 51.8 Å². The van der Waals surface area contributed by atoms with Gasteiger partial charge in [0, 0.05) is 24.8 Å². The molecule has 0 amide bonds. The quantitative estimate of drug-likeness (QED) is 0.509. The van der Waals surface area contributed by atoms with Gasteiger partial charge in [0.1, 0.15) is 0 Å². The maximum absolute atomic E-state index is 5.58. The zero-order valence-corrected chi connectivity index (χ0v) is 17.4. The second kappa shape index (κ2) is 11.7. The lowest BCUT2D eigenvalue weighted by molar-refractivity contribution is 0.188. The van der Waals surface area contributed by atoms with Crippen molar-refractivity contribution in [2.24, 2.45) is 10.9 Å². The standard InChI is InChI=1S/C21H36N4O2/c1-5-22-21(23-13-10-17-11-14-25(6-2)15-12-17)24-18-8-9-19(27-7-3)20(16-18)26-4/h8-9,16-17H,5-7,10-15H2,1-4H3,(H2,22,23,24). The second-order valence-electron chi connectivity index (χ2n) is 6.85. The Balaban J connectivity index is 1.91. The number of piperidine rings is 1. The number of aliphatic imine (C=N–C) groups is 1. The van der Waals surface area contributed by atoms with Crippen molar-refractivity contribution in [1.82, 2.24) is 10.2 Å². The maximum atomic E-state index is 5.58. The smallest absolute Gasteiger partial charge is 0.195 e. The molecule has 1 heterocycles. The monoisotopic (exact) mass is 376 g/mol. The molecule has 27 heavy (non-hydrogen) atoms. The highest BCUT2D eigenvalue weighted by Crippen LogP contribution is 2.30. The molecule has 0 spiro atoms. The SMILES string of the molecule is CCNC(=NCCC1CCN(CC)CC1)Nc1ccc(OCC)c(OC)c1. The third-order valence-electron chi connectivity index (χ3n) is 5.03. The first-order valence-electron chi connectivity index (χ1n) is 10.3. The van der Waals surface area contributed by atoms with Gasteiger partial charge in [0.05, 0.1) is 13.7 Å². The Labute approximate surface area is 164 Å². The van der Waals surface area contributed by atoms with Gasteiger partial charge in [0.15, 0.2) is 17.5 Å². The zero-order valence-electron chi connectivity index (χ0n) is 17.4. The van der Waals surface area contributed by atoms with Crippen LogP contribution >= 0.6 is 0 Å². The minimum absolute atomic E-state index is 0.615. The first-order chi connectivity index (χ1) is 13.2. The van der Waals surface area contributed by atoms with Gasteiger partial charge in [0.2, 0.25) is 0 Å². The molecular formula is C21H36N4O2. The van der Waals surface area contributed by atoms with Gasteiger partial charge in [-0.3, -0.25) is 4.99 Å². The van der Waals surface area contributed by atoms with E-state index in [0.717, 1.165) is 48.6 Å². The molecule has 0 unspecified atom stereocenters. The van der Waals surface area contributed by atoms with Gasteiger partial charge >= 0.3 is 0 Å². The number of nitrogens with one attached hydrogen (secondary N) is 2. The van der Waals surface area contributed by atoms with Gasteiger partial charge in [-0.15, -0.1) is 0 Å². The summed E-state index contributed by atoms with van der Waals surface area (Å²) < 4.78 is 11.0. The van der Waals surface area contributed by atoms with Crippen LogP contribution < -0.4 is 20.1 Å². The summed E-state index contributed by atoms with van der Waals surface area (Å²) in [7, 11) is 1.66. The third-order valence-corrected chi connectivity index (χ3v) is 5.03. The third kappa shape index (κ3) is 6.94. The largest absolute Gasteiger partial charge is 0.493 e. The second-order valence-corrected chi connectivity index (χ2v) is 6.85. The number of likely N-dealkylation sites (tertiary alicyclic amines) is 1. The number of guanidine groups is 1. The van der Waals surface area contributed by atoms with Gasteiger partial charge in [-0.05, 0) is 70.8 Å². The molecule has 2 rings (SSSR count). The summed E-state index contributed by atoms with van der Waals surface area (Å²) in [6.07, 6.45) is 3.74. The number of methoxy groups -OCH3 is 1. The Morgan fingerprint density at radius 3 is 2.59 bits per heavy atom. The Bertz CT molecular complexity index is 584. The van der Waals surface area contributed by atoms with E-state index in [-0.39, 0.29) is 0 Å². The van der Waals surface area contributed by atoms with E-state index in [1.165, 1.54) is 32.5 Å². The minimum Gasteiger partial charge on any atom is -0.493 e. The lowest BCUT2D eigenvalue weighted by Crippen LogP contribution is -2.34. The summed E-state index contributed by atoms with van der Waals surface area (Å²) in [5.74, 6) is 3.09. The summed E-state index contributed by atoms with van der Waals surface area (Å²) in [4.78, 5) is 7.30. The van der Waals surface area contributed by atoms with E-state index in [9.17, 15) is 0 Å². The molecule has 0 atom stereocenters. The van der Waals surface area contributed by atoms with Crippen molar-refractivity contribution in [3.63, 3.8) is 0 Å². The molecule has 0 aliphatic carbocycles. The van der Waals surface area contributed by atoms with Gasteiger partial charge in [-0.1, -0.05) is 6.92 Å². The predicted molar refractivity (Wildman–Crippen MR) is 113 cm³/mol. The van der Waals surface area contributed by atoms with Crippen LogP contribution in [-0.2, 0) is 0 Å². The van der Waals surface area contributed by atoms with E-state index >= 15 is 0 Å². The Kier molecular flexibility index (Phi) is 9.25. The van der Waals surface area contributed by atoms with Crippen LogP contribution in [0.2, 0.25) is 0 Å². The van der Waals surface area contributed by atoms with Crippen LogP contribution in [0, 0.1) is 5.92 Å². The number of anilines is 1. The van der Waals surface area contributed by atoms with Crippen LogP contribution in [0.25, 0.3) is 0 Å². The van der Waals surface area contributed by atoms with Crippen molar-refractivity contribution in [3.05, 3.63) is 18.2 Å². The van der Waals surface area contributed by atoms with Gasteiger partial charge in [-0.2, -0.15) is 0 Å². The first-order valence-corrected chi connectivity index (χ1v) is 10.3. The number of ether oxygens (including phenoxy) is 2.